The maximum absolute atomic E-state index is 11.2. The molecule has 0 radical (unpaired) electrons. The third kappa shape index (κ3) is 1.98. The number of hydrogen-bond donors (Lipinski definition) is 1. The second-order valence-corrected chi connectivity index (χ2v) is 2.95. The number of Topliss-reactive ketones (excluding diaryl/α,β-unsaturated/α-hetero) is 1. The zero-order valence-corrected chi connectivity index (χ0v) is 6.85. The fourth-order valence-electron chi connectivity index (χ4n) is 1.10. The number of carbonyl (C=O) groups excluding carboxylic acids is 1. The summed E-state index contributed by atoms with van der Waals surface area (Å²) in [6.07, 6.45) is 1.64. The summed E-state index contributed by atoms with van der Waals surface area (Å²) in [5.41, 5.74) is 1.20. The smallest absolute Gasteiger partial charge is 0.172 e. The Morgan fingerprint density at radius 3 is 2.82 bits per heavy atom. The Balaban J connectivity index is 2.84. The van der Waals surface area contributed by atoms with Gasteiger partial charge >= 0.3 is 0 Å². The molecule has 1 N–H and O–H groups in total. The minimum absolute atomic E-state index is 0.120. The Labute approximate surface area is 66.2 Å². The Morgan fingerprint density at radius 1 is 1.55 bits per heavy atom. The van der Waals surface area contributed by atoms with Crippen molar-refractivity contribution in [2.75, 3.05) is 20.1 Å². The minimum atomic E-state index is 0.120. The van der Waals surface area contributed by atoms with E-state index in [4.69, 9.17) is 5.41 Å². The Kier molecular flexibility index (Phi) is 2.19. The van der Waals surface area contributed by atoms with E-state index < -0.39 is 0 Å². The molecule has 0 aromatic heterocycles. The van der Waals surface area contributed by atoms with Crippen molar-refractivity contribution in [1.82, 2.24) is 4.90 Å². The zero-order valence-electron chi connectivity index (χ0n) is 6.85. The number of carbonyl (C=O) groups is 1. The maximum Gasteiger partial charge on any atom is 0.172 e. The van der Waals surface area contributed by atoms with E-state index in [1.165, 1.54) is 0 Å². The highest BCUT2D eigenvalue weighted by molar-refractivity contribution is 6.06. The van der Waals surface area contributed by atoms with E-state index in [1.54, 1.807) is 13.0 Å². The average molecular weight is 152 g/mol. The van der Waals surface area contributed by atoms with Crippen molar-refractivity contribution in [3.05, 3.63) is 11.6 Å². The first kappa shape index (κ1) is 8.14. The molecule has 0 amide bonds. The lowest BCUT2D eigenvalue weighted by atomic mass is 10.2. The maximum atomic E-state index is 11.2. The fourth-order valence-corrected chi connectivity index (χ4v) is 1.10. The fraction of sp³-hybridized carbons (Fsp3) is 0.500. The number of hydrogen-bond acceptors (Lipinski definition) is 3. The number of rotatable bonds is 0. The van der Waals surface area contributed by atoms with Gasteiger partial charge in [-0.3, -0.25) is 9.69 Å². The summed E-state index contributed by atoms with van der Waals surface area (Å²) in [4.78, 5) is 13.0. The molecule has 0 aromatic carbocycles. The van der Waals surface area contributed by atoms with Gasteiger partial charge < -0.3 is 5.41 Å². The topological polar surface area (TPSA) is 44.2 Å². The van der Waals surface area contributed by atoms with Crippen molar-refractivity contribution in [2.24, 2.45) is 0 Å². The average Bonchev–Trinajstić information content (AvgIpc) is 1.93. The molecular weight excluding hydrogens is 140 g/mol. The van der Waals surface area contributed by atoms with Crippen LogP contribution in [0.15, 0.2) is 11.6 Å². The van der Waals surface area contributed by atoms with Crippen molar-refractivity contribution in [3.63, 3.8) is 0 Å². The number of nitrogens with zero attached hydrogens (tertiary/aromatic N) is 1. The zero-order chi connectivity index (χ0) is 8.43. The molecule has 1 aliphatic rings. The number of nitrogens with one attached hydrogen (secondary N) is 1. The Bertz CT molecular complexity index is 230. The third-order valence-corrected chi connectivity index (χ3v) is 1.68. The van der Waals surface area contributed by atoms with E-state index >= 15 is 0 Å². The molecule has 0 aromatic rings. The summed E-state index contributed by atoms with van der Waals surface area (Å²) >= 11 is 0. The molecule has 1 rings (SSSR count). The van der Waals surface area contributed by atoms with E-state index in [0.717, 1.165) is 0 Å². The summed E-state index contributed by atoms with van der Waals surface area (Å²) in [5, 5.41) is 7.41. The van der Waals surface area contributed by atoms with Gasteiger partial charge in [0.1, 0.15) is 0 Å². The second-order valence-electron chi connectivity index (χ2n) is 2.95. The van der Waals surface area contributed by atoms with Crippen LogP contribution >= 0.6 is 0 Å². The van der Waals surface area contributed by atoms with E-state index in [-0.39, 0.29) is 5.78 Å². The molecule has 0 aliphatic carbocycles. The van der Waals surface area contributed by atoms with Crippen molar-refractivity contribution < 1.29 is 4.79 Å². The van der Waals surface area contributed by atoms with Gasteiger partial charge in [0, 0.05) is 12.3 Å². The molecule has 0 spiro atoms. The Hall–Kier alpha value is -0.960. The number of ketones is 1. The van der Waals surface area contributed by atoms with Gasteiger partial charge in [0.05, 0.1) is 6.54 Å². The summed E-state index contributed by atoms with van der Waals surface area (Å²) < 4.78 is 0. The van der Waals surface area contributed by atoms with Crippen LogP contribution in [-0.4, -0.2) is 36.5 Å². The van der Waals surface area contributed by atoms with Crippen LogP contribution in [0.2, 0.25) is 0 Å². The van der Waals surface area contributed by atoms with Crippen LogP contribution in [0.4, 0.5) is 0 Å². The van der Waals surface area contributed by atoms with Crippen LogP contribution in [-0.2, 0) is 4.79 Å². The quantitative estimate of drug-likeness (QED) is 0.548. The predicted octanol–water partition coefficient (Wildman–Crippen LogP) is 0.467. The van der Waals surface area contributed by atoms with Crippen molar-refractivity contribution in [2.45, 2.75) is 6.92 Å². The molecule has 0 saturated carbocycles. The molecule has 1 aliphatic heterocycles. The molecular formula is C8H12N2O. The highest BCUT2D eigenvalue weighted by atomic mass is 16.1. The van der Waals surface area contributed by atoms with Crippen LogP contribution in [0, 0.1) is 5.41 Å². The lowest BCUT2D eigenvalue weighted by Crippen LogP contribution is -2.27. The van der Waals surface area contributed by atoms with Crippen molar-refractivity contribution in [1.29, 1.82) is 5.41 Å². The highest BCUT2D eigenvalue weighted by Crippen LogP contribution is 2.02. The minimum Gasteiger partial charge on any atom is -0.304 e. The van der Waals surface area contributed by atoms with E-state index in [9.17, 15) is 4.79 Å². The summed E-state index contributed by atoms with van der Waals surface area (Å²) in [6, 6.07) is 0. The first-order chi connectivity index (χ1) is 5.09. The summed E-state index contributed by atoms with van der Waals surface area (Å²) in [6.45, 7) is 2.77. The molecule has 1 heterocycles. The molecule has 0 unspecified atom stereocenters. The Morgan fingerprint density at radius 2 is 2.18 bits per heavy atom. The second kappa shape index (κ2) is 2.96. The van der Waals surface area contributed by atoms with Crippen molar-refractivity contribution in [3.8, 4) is 0 Å². The summed E-state index contributed by atoms with van der Waals surface area (Å²) in [5.74, 6) is 0.120. The van der Waals surface area contributed by atoms with Crippen LogP contribution in [0.25, 0.3) is 0 Å². The monoisotopic (exact) mass is 152 g/mol. The molecule has 11 heavy (non-hydrogen) atoms. The molecule has 0 atom stereocenters. The van der Waals surface area contributed by atoms with Gasteiger partial charge in [-0.05, 0) is 25.6 Å². The molecule has 3 heteroatoms. The van der Waals surface area contributed by atoms with Gasteiger partial charge in [0.25, 0.3) is 0 Å². The van der Waals surface area contributed by atoms with E-state index in [2.05, 4.69) is 0 Å². The lowest BCUT2D eigenvalue weighted by Gasteiger charge is -2.10. The largest absolute Gasteiger partial charge is 0.304 e. The van der Waals surface area contributed by atoms with Gasteiger partial charge in [-0.25, -0.2) is 0 Å². The normalized spacial score (nSPS) is 21.5. The predicted molar refractivity (Wildman–Crippen MR) is 44.0 cm³/mol. The molecule has 0 saturated heterocycles. The highest BCUT2D eigenvalue weighted by Gasteiger charge is 2.13. The van der Waals surface area contributed by atoms with Gasteiger partial charge in [0.2, 0.25) is 0 Å². The van der Waals surface area contributed by atoms with E-state index in [0.29, 0.717) is 24.4 Å². The van der Waals surface area contributed by atoms with Crippen molar-refractivity contribution >= 4 is 11.5 Å². The van der Waals surface area contributed by atoms with Crippen LogP contribution in [0.1, 0.15) is 6.92 Å². The van der Waals surface area contributed by atoms with Gasteiger partial charge in [-0.2, -0.15) is 0 Å². The molecule has 0 fully saturated rings. The standard InChI is InChI=1S/C8H12N2O/c1-6-3-7(9)4-10(2)5-8(6)11/h3,9H,4-5H2,1-2H3. The van der Waals surface area contributed by atoms with Gasteiger partial charge in [-0.15, -0.1) is 0 Å². The molecule has 0 bridgehead atoms. The van der Waals surface area contributed by atoms with Gasteiger partial charge in [-0.1, -0.05) is 0 Å². The lowest BCUT2D eigenvalue weighted by molar-refractivity contribution is -0.116. The first-order valence-electron chi connectivity index (χ1n) is 3.57. The summed E-state index contributed by atoms with van der Waals surface area (Å²) in [7, 11) is 1.85. The number of likely N-dealkylation sites (N-methyl/N-ethyl adjacent to an activating group) is 1. The van der Waals surface area contributed by atoms with Crippen LogP contribution in [0.5, 0.6) is 0 Å². The van der Waals surface area contributed by atoms with Crippen LogP contribution < -0.4 is 0 Å². The third-order valence-electron chi connectivity index (χ3n) is 1.68. The van der Waals surface area contributed by atoms with Crippen LogP contribution in [0.3, 0.4) is 0 Å². The first-order valence-corrected chi connectivity index (χ1v) is 3.57. The van der Waals surface area contributed by atoms with E-state index in [1.807, 2.05) is 11.9 Å². The van der Waals surface area contributed by atoms with Gasteiger partial charge in [0.15, 0.2) is 5.78 Å². The molecule has 60 valence electrons. The SMILES string of the molecule is CC1=CC(=N)CN(C)CC1=O. The molecule has 3 nitrogen and oxygen atoms in total.